The number of methoxy groups -OCH3 is 1. The van der Waals surface area contributed by atoms with Crippen molar-refractivity contribution in [3.63, 3.8) is 0 Å². The van der Waals surface area contributed by atoms with Crippen molar-refractivity contribution in [2.24, 2.45) is 0 Å². The molecule has 1 heterocycles. The summed E-state index contributed by atoms with van der Waals surface area (Å²) in [5, 5.41) is 22.5. The summed E-state index contributed by atoms with van der Waals surface area (Å²) in [6.07, 6.45) is 2.87. The third kappa shape index (κ3) is 4.65. The maximum atomic E-state index is 15.4. The fourth-order valence-corrected chi connectivity index (χ4v) is 4.17. The van der Waals surface area contributed by atoms with E-state index in [0.717, 1.165) is 18.4 Å². The van der Waals surface area contributed by atoms with Crippen molar-refractivity contribution in [2.75, 3.05) is 25.6 Å². The Bertz CT molecular complexity index is 1100. The highest BCUT2D eigenvalue weighted by Crippen LogP contribution is 2.38. The highest BCUT2D eigenvalue weighted by Gasteiger charge is 2.40. The van der Waals surface area contributed by atoms with Crippen LogP contribution in [-0.4, -0.2) is 43.0 Å². The van der Waals surface area contributed by atoms with Gasteiger partial charge in [-0.15, -0.1) is 0 Å². The topological polar surface area (TPSA) is 101 Å². The van der Waals surface area contributed by atoms with Crippen molar-refractivity contribution in [1.82, 2.24) is 0 Å². The Morgan fingerprint density at radius 2 is 2.03 bits per heavy atom. The lowest BCUT2D eigenvalue weighted by Crippen LogP contribution is -2.50. The second kappa shape index (κ2) is 9.38. The van der Waals surface area contributed by atoms with Crippen molar-refractivity contribution in [3.05, 3.63) is 46.8 Å². The van der Waals surface area contributed by atoms with Gasteiger partial charge >= 0.3 is 5.97 Å². The molecule has 0 amide bonds. The molecule has 8 heteroatoms. The molecule has 2 aliphatic rings. The molecule has 2 fully saturated rings. The molecule has 0 aromatic heterocycles. The van der Waals surface area contributed by atoms with Gasteiger partial charge in [-0.25, -0.2) is 9.18 Å². The van der Waals surface area contributed by atoms with Gasteiger partial charge in [-0.05, 0) is 54.7 Å². The molecule has 0 atom stereocenters. The normalized spacial score (nSPS) is 17.3. The molecule has 1 saturated heterocycles. The van der Waals surface area contributed by atoms with Gasteiger partial charge in [-0.2, -0.15) is 5.26 Å². The number of rotatable bonds is 8. The molecule has 2 N–H and O–H groups in total. The van der Waals surface area contributed by atoms with E-state index in [9.17, 15) is 15.2 Å². The van der Waals surface area contributed by atoms with E-state index in [1.807, 2.05) is 12.1 Å². The van der Waals surface area contributed by atoms with Crippen molar-refractivity contribution < 1.29 is 28.5 Å². The number of benzene rings is 2. The number of anilines is 1. The average molecular weight is 454 g/mol. The smallest absolute Gasteiger partial charge is 0.329 e. The van der Waals surface area contributed by atoms with Crippen molar-refractivity contribution in [2.45, 2.75) is 50.9 Å². The van der Waals surface area contributed by atoms with E-state index in [0.29, 0.717) is 48.4 Å². The van der Waals surface area contributed by atoms with Crippen LogP contribution in [0.5, 0.6) is 5.75 Å². The Morgan fingerprint density at radius 3 is 2.64 bits per heavy atom. The van der Waals surface area contributed by atoms with E-state index in [-0.39, 0.29) is 24.0 Å². The minimum absolute atomic E-state index is 0.0872. The zero-order chi connectivity index (χ0) is 23.6. The average Bonchev–Trinajstić information content (AvgIpc) is 3.64. The summed E-state index contributed by atoms with van der Waals surface area (Å²) >= 11 is 0. The van der Waals surface area contributed by atoms with Crippen LogP contribution < -0.4 is 10.1 Å². The minimum atomic E-state index is -1.12. The third-order valence-electron chi connectivity index (χ3n) is 6.27. The standard InChI is InChI=1S/C25H27FN2O5/c1-15-11-20(22(26)23(31-2)21(15)13-27)19-6-3-17(12-16(19)14-33-18-4-5-18)28-25(24(29)30)7-9-32-10-8-25/h3,6,11-12,18,28H,4-5,7-10,14H2,1-2H3,(H,29,30). The molecule has 2 aromatic carbocycles. The Kier molecular flexibility index (Phi) is 6.54. The monoisotopic (exact) mass is 454 g/mol. The Hall–Kier alpha value is -3.15. The Morgan fingerprint density at radius 1 is 1.30 bits per heavy atom. The molecular weight excluding hydrogens is 427 g/mol. The summed E-state index contributed by atoms with van der Waals surface area (Å²) in [6.45, 7) is 2.73. The van der Waals surface area contributed by atoms with Gasteiger partial charge in [0.25, 0.3) is 0 Å². The number of nitrogens with one attached hydrogen (secondary N) is 1. The molecule has 174 valence electrons. The SMILES string of the molecule is COc1c(F)c(-c2ccc(NC3(C(=O)O)CCOCC3)cc2COC2CC2)cc(C)c1C#N. The molecular formula is C25H27FN2O5. The largest absolute Gasteiger partial charge is 0.492 e. The molecule has 0 bridgehead atoms. The highest BCUT2D eigenvalue weighted by molar-refractivity contribution is 5.83. The second-order valence-corrected chi connectivity index (χ2v) is 8.58. The highest BCUT2D eigenvalue weighted by atomic mass is 19.1. The molecule has 0 spiro atoms. The van der Waals surface area contributed by atoms with Crippen LogP contribution in [0.1, 0.15) is 42.4 Å². The number of ether oxygens (including phenoxy) is 3. The zero-order valence-corrected chi connectivity index (χ0v) is 18.7. The molecule has 4 rings (SSSR count). The van der Waals surface area contributed by atoms with Gasteiger partial charge in [0.15, 0.2) is 11.6 Å². The van der Waals surface area contributed by atoms with E-state index < -0.39 is 17.3 Å². The number of carboxylic acids is 1. The first-order valence-corrected chi connectivity index (χ1v) is 11.0. The van der Waals surface area contributed by atoms with Gasteiger partial charge in [-0.1, -0.05) is 6.07 Å². The molecule has 1 aliphatic carbocycles. The van der Waals surface area contributed by atoms with Crippen LogP contribution in [0.25, 0.3) is 11.1 Å². The predicted octanol–water partition coefficient (Wildman–Crippen LogP) is 4.41. The molecule has 33 heavy (non-hydrogen) atoms. The maximum Gasteiger partial charge on any atom is 0.329 e. The number of hydrogen-bond donors (Lipinski definition) is 2. The first-order valence-electron chi connectivity index (χ1n) is 11.0. The van der Waals surface area contributed by atoms with Crippen LogP contribution in [-0.2, 0) is 20.9 Å². The van der Waals surface area contributed by atoms with Gasteiger partial charge in [0.2, 0.25) is 0 Å². The summed E-state index contributed by atoms with van der Waals surface area (Å²) in [4.78, 5) is 12.1. The number of carbonyl (C=O) groups is 1. The summed E-state index contributed by atoms with van der Waals surface area (Å²) in [5.41, 5.74) is 1.92. The van der Waals surface area contributed by atoms with E-state index in [1.165, 1.54) is 7.11 Å². The molecule has 1 saturated carbocycles. The fraction of sp³-hybridized carbons (Fsp3) is 0.440. The second-order valence-electron chi connectivity index (χ2n) is 8.58. The predicted molar refractivity (Wildman–Crippen MR) is 120 cm³/mol. The lowest BCUT2D eigenvalue weighted by atomic mass is 9.89. The van der Waals surface area contributed by atoms with Crippen LogP contribution in [0.15, 0.2) is 24.3 Å². The fourth-order valence-electron chi connectivity index (χ4n) is 4.17. The number of nitrogens with zero attached hydrogens (tertiary/aromatic N) is 1. The lowest BCUT2D eigenvalue weighted by molar-refractivity contribution is -0.145. The summed E-state index contributed by atoms with van der Waals surface area (Å²) in [5.74, 6) is -1.63. The quantitative estimate of drug-likeness (QED) is 0.609. The van der Waals surface area contributed by atoms with Crippen LogP contribution in [0.4, 0.5) is 10.1 Å². The van der Waals surface area contributed by atoms with Crippen molar-refractivity contribution >= 4 is 11.7 Å². The van der Waals surface area contributed by atoms with Crippen LogP contribution in [0.2, 0.25) is 0 Å². The van der Waals surface area contributed by atoms with Crippen LogP contribution >= 0.6 is 0 Å². The Labute approximate surface area is 192 Å². The van der Waals surface area contributed by atoms with E-state index in [2.05, 4.69) is 5.32 Å². The van der Waals surface area contributed by atoms with Gasteiger partial charge in [0.1, 0.15) is 11.6 Å². The number of aryl methyl sites for hydroxylation is 1. The molecule has 1 aliphatic heterocycles. The van der Waals surface area contributed by atoms with Gasteiger partial charge in [-0.3, -0.25) is 0 Å². The Balaban J connectivity index is 1.75. The number of aliphatic carboxylic acids is 1. The summed E-state index contributed by atoms with van der Waals surface area (Å²) in [6, 6.07) is 8.96. The van der Waals surface area contributed by atoms with Gasteiger partial charge in [0, 0.05) is 37.3 Å². The van der Waals surface area contributed by atoms with E-state index in [4.69, 9.17) is 14.2 Å². The van der Waals surface area contributed by atoms with E-state index in [1.54, 1.807) is 25.1 Å². The number of carboxylic acid groups (broad SMARTS) is 1. The number of nitriles is 1. The zero-order valence-electron chi connectivity index (χ0n) is 18.7. The first kappa shape index (κ1) is 23.0. The first-order chi connectivity index (χ1) is 15.9. The molecule has 2 aromatic rings. The summed E-state index contributed by atoms with van der Waals surface area (Å²) in [7, 11) is 1.34. The molecule has 0 radical (unpaired) electrons. The number of hydrogen-bond acceptors (Lipinski definition) is 6. The summed E-state index contributed by atoms with van der Waals surface area (Å²) < 4.78 is 31.9. The maximum absolute atomic E-state index is 15.4. The lowest BCUT2D eigenvalue weighted by Gasteiger charge is -2.35. The van der Waals surface area contributed by atoms with Crippen LogP contribution in [0.3, 0.4) is 0 Å². The molecule has 7 nitrogen and oxygen atoms in total. The van der Waals surface area contributed by atoms with Gasteiger partial charge < -0.3 is 24.6 Å². The number of halogens is 1. The van der Waals surface area contributed by atoms with Crippen molar-refractivity contribution in [1.29, 1.82) is 5.26 Å². The van der Waals surface area contributed by atoms with E-state index >= 15 is 4.39 Å². The third-order valence-corrected chi connectivity index (χ3v) is 6.27. The minimum Gasteiger partial charge on any atom is -0.492 e. The van der Waals surface area contributed by atoms with Crippen molar-refractivity contribution in [3.8, 4) is 22.9 Å². The van der Waals surface area contributed by atoms with Crippen LogP contribution in [0, 0.1) is 24.1 Å². The van der Waals surface area contributed by atoms with Gasteiger partial charge in [0.05, 0.1) is 25.4 Å². The molecule has 0 unspecified atom stereocenters.